The predicted octanol–water partition coefficient (Wildman–Crippen LogP) is 7.13. The van der Waals surface area contributed by atoms with E-state index in [9.17, 15) is 23.4 Å². The number of urea groups is 1. The maximum absolute atomic E-state index is 13.0. The summed E-state index contributed by atoms with van der Waals surface area (Å²) in [5, 5.41) is 25.9. The summed E-state index contributed by atoms with van der Waals surface area (Å²) in [5.74, 6) is 2.32. The minimum Gasteiger partial charge on any atom is -0.393 e. The number of nitrogens with one attached hydrogen (secondary N) is 2. The smallest absolute Gasteiger partial charge is 0.328 e. The van der Waals surface area contributed by atoms with Gasteiger partial charge in [0.2, 0.25) is 0 Å². The second kappa shape index (κ2) is 11.5. The van der Waals surface area contributed by atoms with Crippen molar-refractivity contribution in [3.05, 3.63) is 29.8 Å². The predicted molar refractivity (Wildman–Crippen MR) is 179 cm³/mol. The van der Waals surface area contributed by atoms with Gasteiger partial charge in [0.1, 0.15) is 0 Å². The van der Waals surface area contributed by atoms with Crippen LogP contribution in [0.3, 0.4) is 0 Å². The SMILES string of the molecule is CCC12C[C@]13C[C@H](O)CC[C@]3(C)[C@H]1CC[C@]3(C)[C@@H]([C@H](C)CNC(=O)NS(=O)(=O)c4ccc(C5CCCCC5)cc4)CC[C@H]3[C@@H]1[C@@H]2O. The second-order valence-corrected chi connectivity index (χ2v) is 18.9. The van der Waals surface area contributed by atoms with E-state index in [0.717, 1.165) is 70.6 Å². The molecule has 6 fully saturated rings. The molecular formula is C38H58N2O5S. The number of aliphatic hydroxyl groups is 2. The third-order valence-corrected chi connectivity index (χ3v) is 17.0. The summed E-state index contributed by atoms with van der Waals surface area (Å²) in [4.78, 5) is 13.0. The fourth-order valence-electron chi connectivity index (χ4n) is 13.3. The van der Waals surface area contributed by atoms with Crippen molar-refractivity contribution in [2.45, 2.75) is 141 Å². The van der Waals surface area contributed by atoms with E-state index in [1.54, 1.807) is 12.1 Å². The average Bonchev–Trinajstić information content (AvgIpc) is 3.58. The molecule has 0 bridgehead atoms. The number of amides is 2. The summed E-state index contributed by atoms with van der Waals surface area (Å²) in [7, 11) is -3.96. The van der Waals surface area contributed by atoms with Crippen LogP contribution in [0.1, 0.15) is 129 Å². The zero-order chi connectivity index (χ0) is 32.7. The van der Waals surface area contributed by atoms with E-state index < -0.39 is 16.1 Å². The molecular weight excluding hydrogens is 596 g/mol. The van der Waals surface area contributed by atoms with E-state index >= 15 is 0 Å². The highest BCUT2D eigenvalue weighted by Gasteiger charge is 2.83. The summed E-state index contributed by atoms with van der Waals surface area (Å²) in [6, 6.07) is 6.40. The van der Waals surface area contributed by atoms with Crippen molar-refractivity contribution < 1.29 is 23.4 Å². The first-order valence-corrected chi connectivity index (χ1v) is 20.1. The van der Waals surface area contributed by atoms with Crippen molar-refractivity contribution in [1.29, 1.82) is 0 Å². The number of hydrogen-bond acceptors (Lipinski definition) is 5. The third-order valence-electron chi connectivity index (χ3n) is 15.7. The van der Waals surface area contributed by atoms with Crippen LogP contribution in [0.25, 0.3) is 0 Å². The molecule has 8 heteroatoms. The van der Waals surface area contributed by atoms with Crippen LogP contribution >= 0.6 is 0 Å². The van der Waals surface area contributed by atoms with Crippen molar-refractivity contribution in [1.82, 2.24) is 10.0 Å². The molecule has 1 spiro atoms. The van der Waals surface area contributed by atoms with Crippen molar-refractivity contribution in [2.24, 2.45) is 51.2 Å². The molecule has 7 rings (SSSR count). The Morgan fingerprint density at radius 2 is 1.67 bits per heavy atom. The maximum Gasteiger partial charge on any atom is 0.328 e. The topological polar surface area (TPSA) is 116 Å². The van der Waals surface area contributed by atoms with Crippen LogP contribution in [0.2, 0.25) is 0 Å². The maximum atomic E-state index is 13.0. The Balaban J connectivity index is 0.997. The standard InChI is InChI=1S/C38H58N2O5S/c1-5-37-23-38(37)21-27(41)17-20-36(38,4)31-18-19-35(3)29(15-16-30(35)32(31)33(37)42)24(2)22-39-34(43)40-46(44,45)28-13-11-26(12-14-28)25-9-7-6-8-10-25/h11-14,24-25,27,29-33,41-42H,5-10,15-23H2,1-4H3,(H2,39,40,43)/t24-,27-,29-,30+,31+,32+,33+,35-,36-,37?,38+/m1/s1. The van der Waals surface area contributed by atoms with Crippen molar-refractivity contribution >= 4 is 16.1 Å². The van der Waals surface area contributed by atoms with E-state index in [2.05, 4.69) is 37.7 Å². The lowest BCUT2D eigenvalue weighted by Crippen LogP contribution is -2.62. The fourth-order valence-corrected chi connectivity index (χ4v) is 14.2. The van der Waals surface area contributed by atoms with Crippen LogP contribution in [0, 0.1) is 51.2 Å². The third kappa shape index (κ3) is 4.76. The molecule has 6 aliphatic carbocycles. The summed E-state index contributed by atoms with van der Waals surface area (Å²) >= 11 is 0. The first-order chi connectivity index (χ1) is 21.8. The molecule has 2 amide bonds. The summed E-state index contributed by atoms with van der Waals surface area (Å²) in [5.41, 5.74) is 1.47. The van der Waals surface area contributed by atoms with E-state index in [4.69, 9.17) is 0 Å². The van der Waals surface area contributed by atoms with Crippen LogP contribution in [0.4, 0.5) is 4.79 Å². The van der Waals surface area contributed by atoms with E-state index in [0.29, 0.717) is 30.2 Å². The molecule has 0 aliphatic heterocycles. The van der Waals surface area contributed by atoms with E-state index in [1.165, 1.54) is 24.8 Å². The highest BCUT2D eigenvalue weighted by atomic mass is 32.2. The molecule has 0 heterocycles. The van der Waals surface area contributed by atoms with Crippen molar-refractivity contribution in [2.75, 3.05) is 6.54 Å². The van der Waals surface area contributed by atoms with Gasteiger partial charge < -0.3 is 15.5 Å². The van der Waals surface area contributed by atoms with Gasteiger partial charge in [-0.1, -0.05) is 59.1 Å². The number of carbonyl (C=O) groups is 1. The lowest BCUT2D eigenvalue weighted by atomic mass is 9.41. The molecule has 0 saturated heterocycles. The van der Waals surface area contributed by atoms with Gasteiger partial charge in [-0.15, -0.1) is 0 Å². The van der Waals surface area contributed by atoms with Gasteiger partial charge in [-0.3, -0.25) is 0 Å². The van der Waals surface area contributed by atoms with Crippen LogP contribution in [0.15, 0.2) is 29.2 Å². The largest absolute Gasteiger partial charge is 0.393 e. The summed E-state index contributed by atoms with van der Waals surface area (Å²) < 4.78 is 28.3. The Morgan fingerprint density at radius 1 is 0.957 bits per heavy atom. The van der Waals surface area contributed by atoms with Gasteiger partial charge in [-0.25, -0.2) is 17.9 Å². The Labute approximate surface area is 277 Å². The Kier molecular flexibility index (Phi) is 8.20. The number of hydrogen-bond donors (Lipinski definition) is 4. The van der Waals surface area contributed by atoms with Gasteiger partial charge >= 0.3 is 6.03 Å². The first-order valence-electron chi connectivity index (χ1n) is 18.6. The molecule has 6 aliphatic rings. The summed E-state index contributed by atoms with van der Waals surface area (Å²) in [6.07, 6.45) is 14.8. The lowest BCUT2D eigenvalue weighted by molar-refractivity contribution is -0.203. The van der Waals surface area contributed by atoms with Crippen LogP contribution in [-0.4, -0.2) is 43.4 Å². The Bertz CT molecular complexity index is 1430. The quantitative estimate of drug-likeness (QED) is 0.250. The molecule has 6 saturated carbocycles. The van der Waals surface area contributed by atoms with E-state index in [-0.39, 0.29) is 50.6 Å². The fraction of sp³-hybridized carbons (Fsp3) is 0.816. The number of fused-ring (bicyclic) bond motifs is 4. The molecule has 1 unspecified atom stereocenters. The summed E-state index contributed by atoms with van der Waals surface area (Å²) in [6.45, 7) is 9.83. The Hall–Kier alpha value is -1.64. The number of aliphatic hydroxyl groups excluding tert-OH is 2. The Morgan fingerprint density at radius 3 is 2.37 bits per heavy atom. The first kappa shape index (κ1) is 32.9. The molecule has 1 aromatic carbocycles. The molecule has 0 radical (unpaired) electrons. The average molecular weight is 655 g/mol. The van der Waals surface area contributed by atoms with Crippen molar-refractivity contribution in [3.8, 4) is 0 Å². The van der Waals surface area contributed by atoms with Crippen molar-refractivity contribution in [3.63, 3.8) is 0 Å². The van der Waals surface area contributed by atoms with E-state index in [1.807, 2.05) is 12.1 Å². The van der Waals surface area contributed by atoms with Gasteiger partial charge in [-0.05, 0) is 140 Å². The molecule has 4 N–H and O–H groups in total. The van der Waals surface area contributed by atoms with Gasteiger partial charge in [0.15, 0.2) is 0 Å². The number of rotatable bonds is 7. The van der Waals surface area contributed by atoms with Crippen LogP contribution < -0.4 is 10.0 Å². The van der Waals surface area contributed by atoms with Crippen LogP contribution in [0.5, 0.6) is 0 Å². The highest BCUT2D eigenvalue weighted by molar-refractivity contribution is 7.90. The molecule has 7 nitrogen and oxygen atoms in total. The molecule has 1 aromatic rings. The number of carbonyl (C=O) groups excluding carboxylic acids is 1. The monoisotopic (exact) mass is 654 g/mol. The molecule has 256 valence electrons. The number of sulfonamides is 1. The molecule has 11 atom stereocenters. The zero-order valence-corrected chi connectivity index (χ0v) is 29.4. The van der Waals surface area contributed by atoms with Crippen LogP contribution in [-0.2, 0) is 10.0 Å². The minimum absolute atomic E-state index is 0.0619. The van der Waals surface area contributed by atoms with Gasteiger partial charge in [0.25, 0.3) is 10.0 Å². The van der Waals surface area contributed by atoms with Gasteiger partial charge in [0, 0.05) is 12.0 Å². The zero-order valence-electron chi connectivity index (χ0n) is 28.6. The second-order valence-electron chi connectivity index (χ2n) is 17.2. The normalized spacial score (nSPS) is 44.2. The molecule has 0 aromatic heterocycles. The van der Waals surface area contributed by atoms with Gasteiger partial charge in [0.05, 0.1) is 17.1 Å². The lowest BCUT2D eigenvalue weighted by Gasteiger charge is -2.64. The number of benzene rings is 1. The molecule has 46 heavy (non-hydrogen) atoms. The minimum atomic E-state index is -3.96. The highest BCUT2D eigenvalue weighted by Crippen LogP contribution is 2.86. The van der Waals surface area contributed by atoms with Gasteiger partial charge in [-0.2, -0.15) is 0 Å².